The molecule has 0 atom stereocenters. The van der Waals surface area contributed by atoms with E-state index in [9.17, 15) is 9.59 Å². The van der Waals surface area contributed by atoms with Crippen molar-refractivity contribution in [1.29, 1.82) is 0 Å². The monoisotopic (exact) mass is 407 g/mol. The van der Waals surface area contributed by atoms with E-state index in [-0.39, 0.29) is 17.4 Å². The van der Waals surface area contributed by atoms with Crippen molar-refractivity contribution in [1.82, 2.24) is 20.2 Å². The van der Waals surface area contributed by atoms with E-state index >= 15 is 0 Å². The van der Waals surface area contributed by atoms with Gasteiger partial charge in [-0.1, -0.05) is 41.6 Å². The zero-order valence-electron chi connectivity index (χ0n) is 16.3. The molecule has 0 saturated carbocycles. The number of benzene rings is 2. The quantitative estimate of drug-likeness (QED) is 0.460. The molecule has 0 unspecified atom stereocenters. The smallest absolute Gasteiger partial charge is 0.227 e. The highest BCUT2D eigenvalue weighted by atomic mass is 32.2. The molecule has 2 heterocycles. The van der Waals surface area contributed by atoms with Gasteiger partial charge in [0.25, 0.3) is 0 Å². The molecule has 0 radical (unpaired) electrons. The SMILES string of the molecule is Cc1ccc(-n2nnnc2SCC(=O)c2cccc(N3CCCC3=O)c2)c(C)c1. The lowest BCUT2D eigenvalue weighted by Gasteiger charge is -2.16. The molecule has 1 amide bonds. The highest BCUT2D eigenvalue weighted by Crippen LogP contribution is 2.25. The molecule has 148 valence electrons. The van der Waals surface area contributed by atoms with E-state index in [1.165, 1.54) is 17.3 Å². The first-order valence-corrected chi connectivity index (χ1v) is 10.4. The summed E-state index contributed by atoms with van der Waals surface area (Å²) >= 11 is 1.30. The largest absolute Gasteiger partial charge is 0.312 e. The van der Waals surface area contributed by atoms with Gasteiger partial charge in [0.05, 0.1) is 11.4 Å². The summed E-state index contributed by atoms with van der Waals surface area (Å²) in [6, 6.07) is 13.3. The first-order valence-electron chi connectivity index (χ1n) is 9.45. The lowest BCUT2D eigenvalue weighted by Crippen LogP contribution is -2.23. The second-order valence-corrected chi connectivity index (χ2v) is 8.02. The zero-order chi connectivity index (χ0) is 20.4. The molecule has 4 rings (SSSR count). The van der Waals surface area contributed by atoms with Crippen LogP contribution in [0, 0.1) is 13.8 Å². The van der Waals surface area contributed by atoms with Gasteiger partial charge in [-0.15, -0.1) is 5.10 Å². The Kier molecular flexibility index (Phi) is 5.44. The number of rotatable bonds is 6. The minimum atomic E-state index is -0.0290. The van der Waals surface area contributed by atoms with Crippen LogP contribution >= 0.6 is 11.8 Å². The number of tetrazole rings is 1. The van der Waals surface area contributed by atoms with Gasteiger partial charge in [-0.2, -0.15) is 4.68 Å². The van der Waals surface area contributed by atoms with Crippen molar-refractivity contribution in [2.45, 2.75) is 31.8 Å². The number of aromatic nitrogens is 4. The molecule has 2 aromatic carbocycles. The first-order chi connectivity index (χ1) is 14.0. The molecule has 1 aliphatic rings. The van der Waals surface area contributed by atoms with Crippen LogP contribution in [0.1, 0.15) is 34.3 Å². The lowest BCUT2D eigenvalue weighted by atomic mass is 10.1. The predicted octanol–water partition coefficient (Wildman–Crippen LogP) is 3.38. The van der Waals surface area contributed by atoms with Crippen LogP contribution in [-0.4, -0.2) is 44.2 Å². The molecule has 29 heavy (non-hydrogen) atoms. The standard InChI is InChI=1S/C21H21N5O2S/c1-14-8-9-18(15(2)11-14)26-21(22-23-24-26)29-13-19(27)16-5-3-6-17(12-16)25-10-4-7-20(25)28/h3,5-6,8-9,11-12H,4,7,10,13H2,1-2H3. The van der Waals surface area contributed by atoms with Gasteiger partial charge in [-0.3, -0.25) is 9.59 Å². The average molecular weight is 407 g/mol. The maximum absolute atomic E-state index is 12.7. The number of anilines is 1. The Balaban J connectivity index is 1.49. The second kappa shape index (κ2) is 8.16. The average Bonchev–Trinajstić information content (AvgIpc) is 3.35. The van der Waals surface area contributed by atoms with Crippen LogP contribution in [0.2, 0.25) is 0 Å². The number of carbonyl (C=O) groups excluding carboxylic acids is 2. The van der Waals surface area contributed by atoms with Crippen molar-refractivity contribution in [2.24, 2.45) is 0 Å². The molecule has 0 spiro atoms. The number of ketones is 1. The van der Waals surface area contributed by atoms with Crippen molar-refractivity contribution >= 4 is 29.1 Å². The number of carbonyl (C=O) groups is 2. The Morgan fingerprint density at radius 1 is 1.17 bits per heavy atom. The Morgan fingerprint density at radius 3 is 2.79 bits per heavy atom. The summed E-state index contributed by atoms with van der Waals surface area (Å²) in [6.07, 6.45) is 1.42. The third-order valence-electron chi connectivity index (χ3n) is 4.91. The fraction of sp³-hybridized carbons (Fsp3) is 0.286. The van der Waals surface area contributed by atoms with Crippen LogP contribution in [0.5, 0.6) is 0 Å². The molecule has 3 aromatic rings. The highest BCUT2D eigenvalue weighted by Gasteiger charge is 2.22. The second-order valence-electron chi connectivity index (χ2n) is 7.07. The van der Waals surface area contributed by atoms with Gasteiger partial charge in [-0.25, -0.2) is 0 Å². The fourth-order valence-corrected chi connectivity index (χ4v) is 4.22. The molecule has 8 heteroatoms. The minimum absolute atomic E-state index is 0.0290. The van der Waals surface area contributed by atoms with E-state index in [0.29, 0.717) is 23.7 Å². The lowest BCUT2D eigenvalue weighted by molar-refractivity contribution is -0.117. The minimum Gasteiger partial charge on any atom is -0.312 e. The van der Waals surface area contributed by atoms with Crippen molar-refractivity contribution in [3.63, 3.8) is 0 Å². The summed E-state index contributed by atoms with van der Waals surface area (Å²) < 4.78 is 1.66. The van der Waals surface area contributed by atoms with Gasteiger partial charge in [0.2, 0.25) is 11.1 Å². The van der Waals surface area contributed by atoms with Gasteiger partial charge in [-0.05, 0) is 54.5 Å². The van der Waals surface area contributed by atoms with E-state index in [1.54, 1.807) is 21.7 Å². The number of thioether (sulfide) groups is 1. The molecule has 1 aromatic heterocycles. The van der Waals surface area contributed by atoms with Crippen molar-refractivity contribution < 1.29 is 9.59 Å². The maximum atomic E-state index is 12.7. The number of hydrogen-bond acceptors (Lipinski definition) is 6. The van der Waals surface area contributed by atoms with Crippen LogP contribution in [-0.2, 0) is 4.79 Å². The summed E-state index contributed by atoms with van der Waals surface area (Å²) in [5, 5.41) is 12.5. The van der Waals surface area contributed by atoms with Crippen molar-refractivity contribution in [2.75, 3.05) is 17.2 Å². The van der Waals surface area contributed by atoms with Crippen LogP contribution in [0.4, 0.5) is 5.69 Å². The summed E-state index contributed by atoms with van der Waals surface area (Å²) in [6.45, 7) is 4.75. The number of amides is 1. The van der Waals surface area contributed by atoms with Crippen molar-refractivity contribution in [3.05, 3.63) is 59.2 Å². The van der Waals surface area contributed by atoms with Crippen LogP contribution in [0.15, 0.2) is 47.6 Å². The van der Waals surface area contributed by atoms with E-state index in [1.807, 2.05) is 38.1 Å². The summed E-state index contributed by atoms with van der Waals surface area (Å²) in [7, 11) is 0. The fourth-order valence-electron chi connectivity index (χ4n) is 3.44. The number of hydrogen-bond donors (Lipinski definition) is 0. The van der Waals surface area contributed by atoms with Crippen LogP contribution in [0.3, 0.4) is 0 Å². The normalized spacial score (nSPS) is 13.9. The topological polar surface area (TPSA) is 81.0 Å². The summed E-state index contributed by atoms with van der Waals surface area (Å²) in [4.78, 5) is 26.5. The van der Waals surface area contributed by atoms with Crippen LogP contribution in [0.25, 0.3) is 5.69 Å². The van der Waals surface area contributed by atoms with Gasteiger partial charge < -0.3 is 4.90 Å². The van der Waals surface area contributed by atoms with E-state index in [2.05, 4.69) is 21.6 Å². The number of nitrogens with zero attached hydrogens (tertiary/aromatic N) is 5. The molecule has 0 N–H and O–H groups in total. The Hall–Kier alpha value is -3.00. The van der Waals surface area contributed by atoms with Gasteiger partial charge in [0.1, 0.15) is 0 Å². The van der Waals surface area contributed by atoms with Gasteiger partial charge in [0.15, 0.2) is 5.78 Å². The zero-order valence-corrected chi connectivity index (χ0v) is 17.1. The van der Waals surface area contributed by atoms with E-state index < -0.39 is 0 Å². The molecule has 7 nitrogen and oxygen atoms in total. The Labute approximate surface area is 173 Å². The predicted molar refractivity (Wildman–Crippen MR) is 112 cm³/mol. The van der Waals surface area contributed by atoms with Crippen LogP contribution < -0.4 is 4.90 Å². The van der Waals surface area contributed by atoms with Crippen molar-refractivity contribution in [3.8, 4) is 5.69 Å². The van der Waals surface area contributed by atoms with E-state index in [0.717, 1.165) is 23.4 Å². The highest BCUT2D eigenvalue weighted by molar-refractivity contribution is 7.99. The summed E-state index contributed by atoms with van der Waals surface area (Å²) in [5.41, 5.74) is 4.49. The van der Waals surface area contributed by atoms with Gasteiger partial charge in [0, 0.05) is 24.2 Å². The Morgan fingerprint density at radius 2 is 2.03 bits per heavy atom. The molecular formula is C21H21N5O2S. The summed E-state index contributed by atoms with van der Waals surface area (Å²) in [5.74, 6) is 0.290. The third kappa shape index (κ3) is 4.07. The molecule has 1 fully saturated rings. The molecule has 0 bridgehead atoms. The molecule has 0 aliphatic carbocycles. The maximum Gasteiger partial charge on any atom is 0.227 e. The van der Waals surface area contributed by atoms with E-state index in [4.69, 9.17) is 0 Å². The third-order valence-corrected chi connectivity index (χ3v) is 5.83. The number of aryl methyl sites for hydroxylation is 2. The first kappa shape index (κ1) is 19.3. The molecular weight excluding hydrogens is 386 g/mol. The number of Topliss-reactive ketones (excluding diaryl/α,β-unsaturated/α-hetero) is 1. The molecule has 1 aliphatic heterocycles. The Bertz CT molecular complexity index is 1080. The van der Waals surface area contributed by atoms with Gasteiger partial charge >= 0.3 is 0 Å². The molecule has 1 saturated heterocycles.